The summed E-state index contributed by atoms with van der Waals surface area (Å²) in [6, 6.07) is 9.06. The van der Waals surface area contributed by atoms with E-state index in [0.29, 0.717) is 22.5 Å². The van der Waals surface area contributed by atoms with Crippen molar-refractivity contribution in [3.8, 4) is 12.1 Å². The van der Waals surface area contributed by atoms with E-state index in [-0.39, 0.29) is 28.6 Å². The number of nitriles is 2. The Kier molecular flexibility index (Phi) is 6.65. The number of nitrogens with zero attached hydrogens (tertiary/aromatic N) is 3. The number of hydrogen-bond acceptors (Lipinski definition) is 6. The van der Waals surface area contributed by atoms with Crippen molar-refractivity contribution in [2.75, 3.05) is 18.0 Å². The Morgan fingerprint density at radius 3 is 2.68 bits per heavy atom. The van der Waals surface area contributed by atoms with E-state index in [1.165, 1.54) is 29.2 Å². The molecule has 128 valence electrons. The van der Waals surface area contributed by atoms with E-state index in [9.17, 15) is 10.1 Å². The second-order valence-corrected chi connectivity index (χ2v) is 7.75. The molecule has 0 aliphatic rings. The van der Waals surface area contributed by atoms with Gasteiger partial charge in [0.2, 0.25) is 5.91 Å². The number of hydrogen-bond donors (Lipinski definition) is 1. The SMILES string of the molecule is CCN(Cc1ccc(Cl)s1)C(=O)CSc1[nH+]c(N)c(C#N)cc1C#N. The minimum absolute atomic E-state index is 0.0581. The smallest absolute Gasteiger partial charge is 0.289 e. The van der Waals surface area contributed by atoms with Crippen LogP contribution in [0.5, 0.6) is 0 Å². The number of nitrogen functional groups attached to an aromatic ring is 1. The Morgan fingerprint density at radius 1 is 1.40 bits per heavy atom. The second-order valence-electron chi connectivity index (χ2n) is 4.97. The molecule has 1 amide bonds. The number of thioether (sulfide) groups is 1. The molecule has 0 spiro atoms. The summed E-state index contributed by atoms with van der Waals surface area (Å²) in [5, 5.41) is 18.6. The summed E-state index contributed by atoms with van der Waals surface area (Å²) in [6.07, 6.45) is 0. The molecule has 9 heteroatoms. The molecular weight excluding hydrogens is 378 g/mol. The van der Waals surface area contributed by atoms with Crippen LogP contribution in [-0.4, -0.2) is 23.1 Å². The molecule has 0 radical (unpaired) electrons. The summed E-state index contributed by atoms with van der Waals surface area (Å²) in [7, 11) is 0. The number of carbonyl (C=O) groups is 1. The van der Waals surface area contributed by atoms with Gasteiger partial charge in [-0.1, -0.05) is 23.4 Å². The first-order valence-corrected chi connectivity index (χ1v) is 9.47. The number of halogens is 1. The fourth-order valence-electron chi connectivity index (χ4n) is 2.06. The van der Waals surface area contributed by atoms with Crippen LogP contribution in [-0.2, 0) is 11.3 Å². The molecule has 3 N–H and O–H groups in total. The minimum atomic E-state index is -0.0581. The van der Waals surface area contributed by atoms with Crippen molar-refractivity contribution in [3.05, 3.63) is 38.5 Å². The number of aromatic nitrogens is 1. The summed E-state index contributed by atoms with van der Waals surface area (Å²) in [6.45, 7) is 2.97. The number of H-pyrrole nitrogens is 1. The lowest BCUT2D eigenvalue weighted by molar-refractivity contribution is -0.410. The summed E-state index contributed by atoms with van der Waals surface area (Å²) >= 11 is 8.56. The molecule has 2 aromatic rings. The zero-order chi connectivity index (χ0) is 18.4. The molecule has 25 heavy (non-hydrogen) atoms. The van der Waals surface area contributed by atoms with E-state index >= 15 is 0 Å². The molecule has 0 aliphatic carbocycles. The molecule has 2 rings (SSSR count). The van der Waals surface area contributed by atoms with E-state index in [0.717, 1.165) is 4.88 Å². The maximum Gasteiger partial charge on any atom is 0.289 e. The van der Waals surface area contributed by atoms with Gasteiger partial charge in [0.15, 0.2) is 5.03 Å². The number of nitrogens with one attached hydrogen (secondary N) is 1. The highest BCUT2D eigenvalue weighted by molar-refractivity contribution is 7.99. The molecule has 0 aliphatic heterocycles. The zero-order valence-corrected chi connectivity index (χ0v) is 15.8. The Balaban J connectivity index is 2.07. The summed E-state index contributed by atoms with van der Waals surface area (Å²) in [5.41, 5.74) is 6.24. The predicted molar refractivity (Wildman–Crippen MR) is 98.0 cm³/mol. The fourth-order valence-corrected chi connectivity index (χ4v) is 4.06. The summed E-state index contributed by atoms with van der Waals surface area (Å²) < 4.78 is 0.689. The van der Waals surface area contributed by atoms with Gasteiger partial charge in [0, 0.05) is 11.4 Å². The first kappa shape index (κ1) is 19.1. The standard InChI is InChI=1S/C16H14ClN5OS2/c1-2-22(8-12-3-4-13(17)25-12)14(23)9-24-16-11(7-19)5-10(6-18)15(20)21-16/h3-5H,2,8-9H2,1H3,(H2,20,21)/p+1. The highest BCUT2D eigenvalue weighted by Crippen LogP contribution is 2.24. The lowest BCUT2D eigenvalue weighted by Gasteiger charge is -2.19. The molecule has 0 aromatic carbocycles. The van der Waals surface area contributed by atoms with Crippen LogP contribution in [0, 0.1) is 22.7 Å². The number of nitrogens with two attached hydrogens (primary N) is 1. The second kappa shape index (κ2) is 8.72. The van der Waals surface area contributed by atoms with E-state index in [2.05, 4.69) is 4.98 Å². The van der Waals surface area contributed by atoms with Crippen LogP contribution in [0.2, 0.25) is 4.34 Å². The largest absolute Gasteiger partial charge is 0.337 e. The van der Waals surface area contributed by atoms with Crippen LogP contribution < -0.4 is 10.7 Å². The molecule has 0 unspecified atom stereocenters. The Bertz CT molecular complexity index is 868. The number of aromatic amines is 1. The summed E-state index contributed by atoms with van der Waals surface area (Å²) in [5.74, 6) is 0.276. The Hall–Kier alpha value is -2.26. The maximum absolute atomic E-state index is 12.5. The van der Waals surface area contributed by atoms with E-state index in [1.54, 1.807) is 4.90 Å². The Labute approximate surface area is 158 Å². The quantitative estimate of drug-likeness (QED) is 0.760. The van der Waals surface area contributed by atoms with Crippen molar-refractivity contribution in [2.24, 2.45) is 0 Å². The van der Waals surface area contributed by atoms with Crippen molar-refractivity contribution >= 4 is 46.4 Å². The van der Waals surface area contributed by atoms with Crippen LogP contribution in [0.15, 0.2) is 23.2 Å². The van der Waals surface area contributed by atoms with Gasteiger partial charge in [0.1, 0.15) is 23.3 Å². The summed E-state index contributed by atoms with van der Waals surface area (Å²) in [4.78, 5) is 18.0. The molecule has 6 nitrogen and oxygen atoms in total. The average molecular weight is 393 g/mol. The third-order valence-corrected chi connectivity index (χ3v) is 5.58. The van der Waals surface area contributed by atoms with Crippen LogP contribution in [0.25, 0.3) is 0 Å². The lowest BCUT2D eigenvalue weighted by Crippen LogP contribution is -2.31. The monoisotopic (exact) mass is 392 g/mol. The van der Waals surface area contributed by atoms with Crippen molar-refractivity contribution in [1.82, 2.24) is 4.90 Å². The minimum Gasteiger partial charge on any atom is -0.337 e. The average Bonchev–Trinajstić information content (AvgIpc) is 3.02. The van der Waals surface area contributed by atoms with Crippen LogP contribution in [0.1, 0.15) is 22.9 Å². The number of anilines is 1. The van der Waals surface area contributed by atoms with Gasteiger partial charge in [-0.3, -0.25) is 10.5 Å². The number of pyridine rings is 1. The molecule has 0 saturated carbocycles. The molecule has 0 atom stereocenters. The fraction of sp³-hybridized carbons (Fsp3) is 0.250. The maximum atomic E-state index is 12.5. The highest BCUT2D eigenvalue weighted by Gasteiger charge is 2.18. The van der Waals surface area contributed by atoms with Crippen molar-refractivity contribution in [2.45, 2.75) is 18.5 Å². The van der Waals surface area contributed by atoms with E-state index in [4.69, 9.17) is 22.6 Å². The van der Waals surface area contributed by atoms with E-state index in [1.807, 2.05) is 31.2 Å². The Morgan fingerprint density at radius 2 is 2.12 bits per heavy atom. The van der Waals surface area contributed by atoms with Gasteiger partial charge in [0.05, 0.1) is 16.6 Å². The van der Waals surface area contributed by atoms with Crippen molar-refractivity contribution in [1.29, 1.82) is 10.5 Å². The molecular formula is C16H15ClN5OS2+. The van der Waals surface area contributed by atoms with Gasteiger partial charge < -0.3 is 4.90 Å². The lowest BCUT2D eigenvalue weighted by atomic mass is 10.2. The van der Waals surface area contributed by atoms with Gasteiger partial charge in [-0.25, -0.2) is 4.98 Å². The van der Waals surface area contributed by atoms with Crippen LogP contribution >= 0.6 is 34.7 Å². The van der Waals surface area contributed by atoms with Crippen molar-refractivity contribution in [3.63, 3.8) is 0 Å². The predicted octanol–water partition coefficient (Wildman–Crippen LogP) is 2.68. The topological polar surface area (TPSA) is 108 Å². The molecule has 0 bridgehead atoms. The van der Waals surface area contributed by atoms with Gasteiger partial charge in [-0.2, -0.15) is 10.5 Å². The first-order chi connectivity index (χ1) is 12.0. The van der Waals surface area contributed by atoms with Gasteiger partial charge in [-0.15, -0.1) is 11.3 Å². The number of thiophene rings is 1. The normalized spacial score (nSPS) is 10.1. The van der Waals surface area contributed by atoms with Crippen LogP contribution in [0.3, 0.4) is 0 Å². The first-order valence-electron chi connectivity index (χ1n) is 7.29. The van der Waals surface area contributed by atoms with Crippen LogP contribution in [0.4, 0.5) is 5.82 Å². The number of amides is 1. The van der Waals surface area contributed by atoms with Crippen molar-refractivity contribution < 1.29 is 9.78 Å². The molecule has 2 heterocycles. The molecule has 2 aromatic heterocycles. The van der Waals surface area contributed by atoms with E-state index < -0.39 is 0 Å². The van der Waals surface area contributed by atoms with Gasteiger partial charge >= 0.3 is 0 Å². The zero-order valence-electron chi connectivity index (χ0n) is 13.4. The number of carbonyl (C=O) groups excluding carboxylic acids is 1. The highest BCUT2D eigenvalue weighted by atomic mass is 35.5. The molecule has 0 fully saturated rings. The van der Waals surface area contributed by atoms with Gasteiger partial charge in [0.25, 0.3) is 5.82 Å². The third-order valence-electron chi connectivity index (χ3n) is 3.36. The molecule has 0 saturated heterocycles. The number of rotatable bonds is 6. The van der Waals surface area contributed by atoms with Gasteiger partial charge in [-0.05, 0) is 25.1 Å². The third kappa shape index (κ3) is 4.86.